The molecule has 0 unspecified atom stereocenters. The highest BCUT2D eigenvalue weighted by atomic mass is 32.2. The van der Waals surface area contributed by atoms with Crippen LogP contribution in [0.25, 0.3) is 34.2 Å². The number of thioether (sulfide) groups is 2. The van der Waals surface area contributed by atoms with E-state index >= 15 is 0 Å². The normalized spacial score (nSPS) is 10.8. The summed E-state index contributed by atoms with van der Waals surface area (Å²) < 4.78 is 0. The van der Waals surface area contributed by atoms with Crippen LogP contribution in [0.3, 0.4) is 0 Å². The molecule has 138 valence electrons. The summed E-state index contributed by atoms with van der Waals surface area (Å²) in [6.45, 7) is 0. The monoisotopic (exact) mass is 402 g/mol. The van der Waals surface area contributed by atoms with Crippen molar-refractivity contribution < 1.29 is 0 Å². The Balaban J connectivity index is 1.86. The third-order valence-corrected chi connectivity index (χ3v) is 5.60. The molecular formula is C22H18N4S2. The number of pyridine rings is 4. The highest BCUT2D eigenvalue weighted by Gasteiger charge is 2.12. The van der Waals surface area contributed by atoms with E-state index in [4.69, 9.17) is 9.97 Å². The van der Waals surface area contributed by atoms with Crippen molar-refractivity contribution in [2.75, 3.05) is 12.5 Å². The second-order valence-corrected chi connectivity index (χ2v) is 7.74. The molecule has 0 aliphatic heterocycles. The van der Waals surface area contributed by atoms with Crippen LogP contribution in [0.15, 0.2) is 82.8 Å². The number of aromatic nitrogens is 4. The Kier molecular flexibility index (Phi) is 5.69. The Hall–Kier alpha value is -2.70. The van der Waals surface area contributed by atoms with E-state index in [-0.39, 0.29) is 0 Å². The molecule has 4 heterocycles. The fourth-order valence-electron chi connectivity index (χ4n) is 2.80. The molecule has 0 N–H and O–H groups in total. The summed E-state index contributed by atoms with van der Waals surface area (Å²) in [5.74, 6) is 0. The number of rotatable bonds is 5. The standard InChI is InChI=1S/C22H18N4S2/c1-27-15-11-19(17-7-3-5-9-23-17)25-21(13-15)22-14-16(28-2)12-20(26-22)18-8-4-6-10-24-18/h3-14H,1-2H3. The van der Waals surface area contributed by atoms with Crippen LogP contribution in [0.1, 0.15) is 0 Å². The lowest BCUT2D eigenvalue weighted by Crippen LogP contribution is -1.96. The van der Waals surface area contributed by atoms with Gasteiger partial charge in [-0.15, -0.1) is 23.5 Å². The van der Waals surface area contributed by atoms with Crippen LogP contribution >= 0.6 is 23.5 Å². The zero-order chi connectivity index (χ0) is 19.3. The highest BCUT2D eigenvalue weighted by molar-refractivity contribution is 7.98. The molecule has 4 aromatic rings. The lowest BCUT2D eigenvalue weighted by Gasteiger charge is -2.10. The van der Waals surface area contributed by atoms with Gasteiger partial charge >= 0.3 is 0 Å². The average Bonchev–Trinajstić information content (AvgIpc) is 2.79. The molecule has 0 bridgehead atoms. The van der Waals surface area contributed by atoms with Gasteiger partial charge in [-0.05, 0) is 61.0 Å². The Morgan fingerprint density at radius 2 is 0.929 bits per heavy atom. The van der Waals surface area contributed by atoms with Crippen molar-refractivity contribution in [1.29, 1.82) is 0 Å². The molecule has 0 atom stereocenters. The van der Waals surface area contributed by atoms with E-state index in [1.165, 1.54) is 0 Å². The van der Waals surface area contributed by atoms with Crippen molar-refractivity contribution in [3.8, 4) is 34.2 Å². The molecule has 4 nitrogen and oxygen atoms in total. The summed E-state index contributed by atoms with van der Waals surface area (Å²) >= 11 is 3.37. The lowest BCUT2D eigenvalue weighted by atomic mass is 10.1. The maximum Gasteiger partial charge on any atom is 0.0906 e. The molecule has 0 saturated heterocycles. The van der Waals surface area contributed by atoms with Crippen LogP contribution in [0, 0.1) is 0 Å². The SMILES string of the molecule is CSc1cc(-c2ccccn2)nc(-c2cc(SC)cc(-c3ccccn3)n2)c1. The van der Waals surface area contributed by atoms with Crippen LogP contribution in [0.4, 0.5) is 0 Å². The number of nitrogens with zero attached hydrogens (tertiary/aromatic N) is 4. The molecule has 0 amide bonds. The van der Waals surface area contributed by atoms with Gasteiger partial charge in [-0.2, -0.15) is 0 Å². The maximum absolute atomic E-state index is 4.86. The molecule has 28 heavy (non-hydrogen) atoms. The topological polar surface area (TPSA) is 51.6 Å². The van der Waals surface area contributed by atoms with Gasteiger partial charge in [0.15, 0.2) is 0 Å². The Labute approximate surface area is 172 Å². The predicted molar refractivity (Wildman–Crippen MR) is 117 cm³/mol. The van der Waals surface area contributed by atoms with E-state index in [0.717, 1.165) is 44.0 Å². The predicted octanol–water partition coefficient (Wildman–Crippen LogP) is 5.71. The van der Waals surface area contributed by atoms with Crippen molar-refractivity contribution in [1.82, 2.24) is 19.9 Å². The van der Waals surface area contributed by atoms with Crippen molar-refractivity contribution in [2.24, 2.45) is 0 Å². The minimum absolute atomic E-state index is 0.834. The van der Waals surface area contributed by atoms with Gasteiger partial charge in [-0.25, -0.2) is 9.97 Å². The Morgan fingerprint density at radius 1 is 0.536 bits per heavy atom. The minimum Gasteiger partial charge on any atom is -0.255 e. The number of hydrogen-bond donors (Lipinski definition) is 0. The fraction of sp³-hybridized carbons (Fsp3) is 0.0909. The van der Waals surface area contributed by atoms with Crippen molar-refractivity contribution in [3.05, 3.63) is 73.1 Å². The van der Waals surface area contributed by atoms with Gasteiger partial charge in [0.25, 0.3) is 0 Å². The van der Waals surface area contributed by atoms with Gasteiger partial charge in [0, 0.05) is 22.2 Å². The second kappa shape index (κ2) is 8.54. The molecular weight excluding hydrogens is 384 g/mol. The minimum atomic E-state index is 0.834. The first-order valence-electron chi connectivity index (χ1n) is 8.72. The van der Waals surface area contributed by atoms with Crippen molar-refractivity contribution in [3.63, 3.8) is 0 Å². The number of hydrogen-bond acceptors (Lipinski definition) is 6. The smallest absolute Gasteiger partial charge is 0.0906 e. The molecule has 0 aromatic carbocycles. The van der Waals surface area contributed by atoms with Crippen LogP contribution in [0.5, 0.6) is 0 Å². The quantitative estimate of drug-likeness (QED) is 0.399. The first kappa shape index (κ1) is 18.7. The molecule has 0 radical (unpaired) electrons. The summed E-state index contributed by atoms with van der Waals surface area (Å²) in [6.07, 6.45) is 7.70. The van der Waals surface area contributed by atoms with E-state index in [9.17, 15) is 0 Å². The maximum atomic E-state index is 4.86. The van der Waals surface area contributed by atoms with E-state index < -0.39 is 0 Å². The molecule has 6 heteroatoms. The summed E-state index contributed by atoms with van der Waals surface area (Å²) in [5.41, 5.74) is 5.06. The van der Waals surface area contributed by atoms with Crippen LogP contribution in [-0.4, -0.2) is 32.4 Å². The largest absolute Gasteiger partial charge is 0.255 e. The van der Waals surface area contributed by atoms with Gasteiger partial charge in [0.1, 0.15) is 0 Å². The molecule has 4 rings (SSSR count). The van der Waals surface area contributed by atoms with Crippen LogP contribution < -0.4 is 0 Å². The third kappa shape index (κ3) is 4.08. The van der Waals surface area contributed by atoms with Gasteiger partial charge in [0.2, 0.25) is 0 Å². The highest BCUT2D eigenvalue weighted by Crippen LogP contribution is 2.31. The third-order valence-electron chi connectivity index (χ3n) is 4.19. The van der Waals surface area contributed by atoms with E-state index in [2.05, 4.69) is 46.7 Å². The summed E-state index contributed by atoms with van der Waals surface area (Å²) in [7, 11) is 0. The zero-order valence-corrected chi connectivity index (χ0v) is 17.2. The molecule has 0 aliphatic rings. The van der Waals surface area contributed by atoms with E-state index in [1.807, 2.05) is 36.4 Å². The van der Waals surface area contributed by atoms with Gasteiger partial charge < -0.3 is 0 Å². The van der Waals surface area contributed by atoms with Crippen molar-refractivity contribution in [2.45, 2.75) is 9.79 Å². The molecule has 4 aromatic heterocycles. The summed E-state index contributed by atoms with van der Waals surface area (Å²) in [5, 5.41) is 0. The summed E-state index contributed by atoms with van der Waals surface area (Å²) in [6, 6.07) is 20.0. The Bertz CT molecular complexity index is 997. The van der Waals surface area contributed by atoms with Gasteiger partial charge in [-0.1, -0.05) is 12.1 Å². The van der Waals surface area contributed by atoms with Crippen LogP contribution in [-0.2, 0) is 0 Å². The van der Waals surface area contributed by atoms with Crippen molar-refractivity contribution >= 4 is 23.5 Å². The summed E-state index contributed by atoms with van der Waals surface area (Å²) in [4.78, 5) is 20.9. The fourth-order valence-corrected chi connectivity index (χ4v) is 3.72. The molecule has 0 spiro atoms. The zero-order valence-electron chi connectivity index (χ0n) is 15.5. The van der Waals surface area contributed by atoms with Crippen LogP contribution in [0.2, 0.25) is 0 Å². The lowest BCUT2D eigenvalue weighted by molar-refractivity contribution is 1.17. The molecule has 0 aliphatic carbocycles. The second-order valence-electron chi connectivity index (χ2n) is 5.98. The van der Waals surface area contributed by atoms with E-state index in [1.54, 1.807) is 35.9 Å². The van der Waals surface area contributed by atoms with E-state index in [0.29, 0.717) is 0 Å². The van der Waals surface area contributed by atoms with Gasteiger partial charge in [-0.3, -0.25) is 9.97 Å². The first-order valence-corrected chi connectivity index (χ1v) is 11.2. The average molecular weight is 403 g/mol. The Morgan fingerprint density at radius 3 is 1.25 bits per heavy atom. The van der Waals surface area contributed by atoms with Gasteiger partial charge in [0.05, 0.1) is 34.2 Å². The molecule has 0 fully saturated rings. The first-order chi connectivity index (χ1) is 13.8. The molecule has 0 saturated carbocycles.